The number of thioether (sulfide) groups is 1. The van der Waals surface area contributed by atoms with Gasteiger partial charge < -0.3 is 20.3 Å². The molecule has 2 rings (SSSR count). The Kier molecular flexibility index (Phi) is 12.4. The molecule has 218 valence electrons. The number of benzene rings is 1. The number of rotatable bonds is 12. The second-order valence-electron chi connectivity index (χ2n) is 12.0. The van der Waals surface area contributed by atoms with Crippen LogP contribution in [0.4, 0.5) is 4.79 Å². The zero-order chi connectivity index (χ0) is 29.2. The van der Waals surface area contributed by atoms with Crippen molar-refractivity contribution in [3.8, 4) is 0 Å². The maximum Gasteiger partial charge on any atom is 0.408 e. The minimum absolute atomic E-state index is 0.0882. The highest BCUT2D eigenvalue weighted by molar-refractivity contribution is 7.98. The molecule has 0 aliphatic heterocycles. The van der Waals surface area contributed by atoms with Crippen LogP contribution in [0, 0.1) is 0 Å². The minimum atomic E-state index is -0.869. The smallest absolute Gasteiger partial charge is 0.408 e. The Morgan fingerprint density at radius 2 is 1.82 bits per heavy atom. The van der Waals surface area contributed by atoms with Gasteiger partial charge in [-0.1, -0.05) is 57.0 Å². The number of hydrogen-bond donors (Lipinski definition) is 2. The number of carbonyl (C=O) groups is 3. The van der Waals surface area contributed by atoms with Crippen molar-refractivity contribution < 1.29 is 19.1 Å². The third kappa shape index (κ3) is 9.89. The number of amides is 3. The molecule has 0 spiro atoms. The van der Waals surface area contributed by atoms with E-state index in [9.17, 15) is 14.4 Å². The summed E-state index contributed by atoms with van der Waals surface area (Å²) in [5.41, 5.74) is 0.211. The first kappa shape index (κ1) is 32.7. The predicted octanol–water partition coefficient (Wildman–Crippen LogP) is 6.48. The van der Waals surface area contributed by atoms with Crippen molar-refractivity contribution >= 4 is 35.7 Å². The van der Waals surface area contributed by atoms with E-state index in [1.54, 1.807) is 43.5 Å². The molecule has 0 aromatic heterocycles. The lowest BCUT2D eigenvalue weighted by Crippen LogP contribution is -2.60. The highest BCUT2D eigenvalue weighted by atomic mass is 32.2. The second-order valence-corrected chi connectivity index (χ2v) is 13.0. The van der Waals surface area contributed by atoms with Gasteiger partial charge in [0.25, 0.3) is 0 Å². The van der Waals surface area contributed by atoms with E-state index < -0.39 is 29.3 Å². The van der Waals surface area contributed by atoms with Gasteiger partial charge in [-0.2, -0.15) is 11.8 Å². The van der Waals surface area contributed by atoms with E-state index in [-0.39, 0.29) is 17.9 Å². The fourth-order valence-electron chi connectivity index (χ4n) is 4.86. The Morgan fingerprint density at radius 3 is 2.38 bits per heavy atom. The number of alkyl carbamates (subject to hydrolysis) is 1. The molecular formula is C31H49N3O4S. The van der Waals surface area contributed by atoms with Gasteiger partial charge in [-0.25, -0.2) is 4.79 Å². The molecule has 1 aromatic rings. The molecule has 1 fully saturated rings. The molecule has 3 amide bonds. The van der Waals surface area contributed by atoms with Crippen molar-refractivity contribution in [2.75, 3.05) is 12.0 Å². The molecule has 8 heteroatoms. The van der Waals surface area contributed by atoms with Gasteiger partial charge in [0.15, 0.2) is 0 Å². The third-order valence-corrected chi connectivity index (χ3v) is 7.92. The average Bonchev–Trinajstić information content (AvgIpc) is 2.88. The van der Waals surface area contributed by atoms with Crippen LogP contribution < -0.4 is 10.6 Å². The van der Waals surface area contributed by atoms with Gasteiger partial charge in [-0.3, -0.25) is 9.59 Å². The van der Waals surface area contributed by atoms with Crippen LogP contribution in [0.3, 0.4) is 0 Å². The van der Waals surface area contributed by atoms with Crippen LogP contribution in [0.1, 0.15) is 104 Å². The van der Waals surface area contributed by atoms with E-state index in [4.69, 9.17) is 4.74 Å². The Hall–Kier alpha value is -2.48. The van der Waals surface area contributed by atoms with Crippen molar-refractivity contribution in [2.45, 2.75) is 116 Å². The minimum Gasteiger partial charge on any atom is -0.444 e. The highest BCUT2D eigenvalue weighted by Gasteiger charge is 2.43. The van der Waals surface area contributed by atoms with E-state index in [2.05, 4.69) is 17.2 Å². The van der Waals surface area contributed by atoms with Crippen LogP contribution in [0.5, 0.6) is 0 Å². The lowest BCUT2D eigenvalue weighted by Gasteiger charge is -2.45. The molecule has 1 aliphatic rings. The molecule has 2 atom stereocenters. The van der Waals surface area contributed by atoms with Gasteiger partial charge in [0.1, 0.15) is 17.7 Å². The molecule has 2 unspecified atom stereocenters. The van der Waals surface area contributed by atoms with Crippen LogP contribution in [-0.2, 0) is 14.3 Å². The summed E-state index contributed by atoms with van der Waals surface area (Å²) in [6.45, 7) is 15.2. The normalized spacial score (nSPS) is 16.1. The summed E-state index contributed by atoms with van der Waals surface area (Å²) in [7, 11) is 0. The summed E-state index contributed by atoms with van der Waals surface area (Å²) in [5, 5.41) is 6.09. The molecule has 0 bridgehead atoms. The molecular weight excluding hydrogens is 510 g/mol. The number of nitrogens with zero attached hydrogens (tertiary/aromatic N) is 1. The summed E-state index contributed by atoms with van der Waals surface area (Å²) in [5.74, 6) is 0.172. The van der Waals surface area contributed by atoms with Crippen LogP contribution in [0.2, 0.25) is 0 Å². The second kappa shape index (κ2) is 14.8. The first-order chi connectivity index (χ1) is 18.3. The summed E-state index contributed by atoms with van der Waals surface area (Å²) in [6.07, 6.45) is 9.31. The van der Waals surface area contributed by atoms with Gasteiger partial charge in [-0.15, -0.1) is 0 Å². The summed E-state index contributed by atoms with van der Waals surface area (Å²) in [4.78, 5) is 43.1. The summed E-state index contributed by atoms with van der Waals surface area (Å²) in [6, 6.07) is 6.00. The molecule has 0 radical (unpaired) electrons. The lowest BCUT2D eigenvalue weighted by molar-refractivity contribution is -0.149. The Balaban J connectivity index is 2.58. The topological polar surface area (TPSA) is 87.7 Å². The molecule has 1 aliphatic carbocycles. The Labute approximate surface area is 239 Å². The molecule has 2 N–H and O–H groups in total. The van der Waals surface area contributed by atoms with Gasteiger partial charge in [0.05, 0.1) is 0 Å². The van der Waals surface area contributed by atoms with E-state index in [0.717, 1.165) is 36.8 Å². The fraction of sp³-hybridized carbons (Fsp3) is 0.645. The highest BCUT2D eigenvalue weighted by Crippen LogP contribution is 2.33. The quantitative estimate of drug-likeness (QED) is 0.306. The SMILES string of the molecule is C=Cc1cccc(C(C(=O)NC2CCCCC2)N(C(=O)C(CCSC)NC(=O)OC(C)(C)C)C(C)(C)CC)c1. The molecule has 1 saturated carbocycles. The van der Waals surface area contributed by atoms with E-state index in [0.29, 0.717) is 18.6 Å². The maximum absolute atomic E-state index is 14.5. The first-order valence-electron chi connectivity index (χ1n) is 14.2. The zero-order valence-electron chi connectivity index (χ0n) is 25.0. The maximum atomic E-state index is 14.5. The average molecular weight is 560 g/mol. The predicted molar refractivity (Wildman–Crippen MR) is 162 cm³/mol. The zero-order valence-corrected chi connectivity index (χ0v) is 25.8. The van der Waals surface area contributed by atoms with Crippen LogP contribution >= 0.6 is 11.8 Å². The summed E-state index contributed by atoms with van der Waals surface area (Å²) < 4.78 is 5.50. The van der Waals surface area contributed by atoms with E-state index in [1.165, 1.54) is 6.42 Å². The van der Waals surface area contributed by atoms with Crippen molar-refractivity contribution in [3.63, 3.8) is 0 Å². The van der Waals surface area contributed by atoms with E-state index >= 15 is 0 Å². The van der Waals surface area contributed by atoms with Crippen molar-refractivity contribution in [3.05, 3.63) is 42.0 Å². The molecule has 1 aromatic carbocycles. The van der Waals surface area contributed by atoms with Gasteiger partial charge in [0.2, 0.25) is 11.8 Å². The van der Waals surface area contributed by atoms with Gasteiger partial charge >= 0.3 is 6.09 Å². The lowest BCUT2D eigenvalue weighted by atomic mass is 9.90. The molecule has 0 heterocycles. The summed E-state index contributed by atoms with van der Waals surface area (Å²) >= 11 is 1.60. The number of carbonyl (C=O) groups excluding carboxylic acids is 3. The molecule has 39 heavy (non-hydrogen) atoms. The van der Waals surface area contributed by atoms with Crippen molar-refractivity contribution in [1.29, 1.82) is 0 Å². The number of nitrogens with one attached hydrogen (secondary N) is 2. The first-order valence-corrected chi connectivity index (χ1v) is 15.6. The van der Waals surface area contributed by atoms with E-state index in [1.807, 2.05) is 51.3 Å². The van der Waals surface area contributed by atoms with Crippen molar-refractivity contribution in [1.82, 2.24) is 15.5 Å². The van der Waals surface area contributed by atoms with Gasteiger partial charge in [0, 0.05) is 11.6 Å². The van der Waals surface area contributed by atoms with Crippen molar-refractivity contribution in [2.24, 2.45) is 0 Å². The molecule has 0 saturated heterocycles. The van der Waals surface area contributed by atoms with Crippen LogP contribution in [0.25, 0.3) is 6.08 Å². The number of ether oxygens (including phenoxy) is 1. The fourth-order valence-corrected chi connectivity index (χ4v) is 5.33. The van der Waals surface area contributed by atoms with Crippen LogP contribution in [-0.4, -0.2) is 58.0 Å². The standard InChI is InChI=1S/C31H49N3O4S/c1-9-22-15-14-16-23(21-22)26(27(35)32-24-17-12-11-13-18-24)34(31(6,7)10-2)28(36)25(19-20-39-8)33-29(37)38-30(3,4)5/h9,14-16,21,24-26H,1,10-13,17-20H2,2-8H3,(H,32,35)(H,33,37). The number of hydrogen-bond acceptors (Lipinski definition) is 5. The monoisotopic (exact) mass is 559 g/mol. The van der Waals surface area contributed by atoms with Gasteiger partial charge in [-0.05, 0) is 89.5 Å². The molecule has 7 nitrogen and oxygen atoms in total. The third-order valence-electron chi connectivity index (χ3n) is 7.27. The van der Waals surface area contributed by atoms with Crippen LogP contribution in [0.15, 0.2) is 30.8 Å². The largest absolute Gasteiger partial charge is 0.444 e. The Morgan fingerprint density at radius 1 is 1.15 bits per heavy atom. The Bertz CT molecular complexity index is 982.